The Balaban J connectivity index is 1.31. The van der Waals surface area contributed by atoms with Crippen LogP contribution in [0, 0.1) is 5.82 Å². The molecule has 1 saturated heterocycles. The van der Waals surface area contributed by atoms with Gasteiger partial charge in [-0.05, 0) is 73.2 Å². The first kappa shape index (κ1) is 17.8. The molecule has 1 fully saturated rings. The normalized spacial score (nSPS) is 16.8. The number of carbonyl (C=O) groups is 1. The highest BCUT2D eigenvalue weighted by molar-refractivity contribution is 5.78. The van der Waals surface area contributed by atoms with Crippen LogP contribution in [0.5, 0.6) is 5.75 Å². The van der Waals surface area contributed by atoms with Crippen LogP contribution in [0.15, 0.2) is 42.5 Å². The van der Waals surface area contributed by atoms with E-state index in [4.69, 9.17) is 4.74 Å². The topological polar surface area (TPSA) is 32.8 Å². The van der Waals surface area contributed by atoms with Crippen molar-refractivity contribution in [2.75, 3.05) is 37.7 Å². The minimum Gasteiger partial charge on any atom is -0.484 e. The summed E-state index contributed by atoms with van der Waals surface area (Å²) in [6.07, 6.45) is 4.34. The van der Waals surface area contributed by atoms with Gasteiger partial charge in [-0.15, -0.1) is 0 Å². The molecule has 1 heterocycles. The fourth-order valence-electron chi connectivity index (χ4n) is 3.95. The van der Waals surface area contributed by atoms with Crippen molar-refractivity contribution in [3.8, 4) is 5.75 Å². The maximum absolute atomic E-state index is 13.1. The molecule has 0 bridgehead atoms. The van der Waals surface area contributed by atoms with Gasteiger partial charge in [0.15, 0.2) is 6.61 Å². The van der Waals surface area contributed by atoms with E-state index < -0.39 is 0 Å². The standard InChI is InChI=1S/C22H25FN2O2/c23-19-6-8-20(9-7-19)24-11-2-12-25(14-13-24)22(26)16-27-21-10-5-17-3-1-4-18(17)15-21/h5-10,15H,1-4,11-14,16H2. The van der Waals surface area contributed by atoms with Crippen LogP contribution in [0.3, 0.4) is 0 Å². The Labute approximate surface area is 159 Å². The van der Waals surface area contributed by atoms with Gasteiger partial charge < -0.3 is 14.5 Å². The summed E-state index contributed by atoms with van der Waals surface area (Å²) in [6, 6.07) is 12.7. The van der Waals surface area contributed by atoms with E-state index in [0.29, 0.717) is 6.54 Å². The van der Waals surface area contributed by atoms with E-state index in [9.17, 15) is 9.18 Å². The summed E-state index contributed by atoms with van der Waals surface area (Å²) in [5.74, 6) is 0.581. The largest absolute Gasteiger partial charge is 0.484 e. The average Bonchev–Trinajstić information content (AvgIpc) is 3.01. The molecule has 2 aromatic carbocycles. The molecule has 1 aliphatic carbocycles. The fourth-order valence-corrected chi connectivity index (χ4v) is 3.95. The van der Waals surface area contributed by atoms with Gasteiger partial charge in [0.05, 0.1) is 0 Å². The van der Waals surface area contributed by atoms with Crippen LogP contribution in [-0.4, -0.2) is 43.6 Å². The van der Waals surface area contributed by atoms with Crippen LogP contribution in [0.25, 0.3) is 0 Å². The SMILES string of the molecule is O=C(COc1ccc2c(c1)CCC2)N1CCCN(c2ccc(F)cc2)CC1. The van der Waals surface area contributed by atoms with E-state index in [1.54, 1.807) is 12.1 Å². The second-order valence-electron chi connectivity index (χ2n) is 7.27. The lowest BCUT2D eigenvalue weighted by Gasteiger charge is -2.23. The lowest BCUT2D eigenvalue weighted by atomic mass is 10.1. The zero-order valence-electron chi connectivity index (χ0n) is 15.5. The molecule has 0 spiro atoms. The summed E-state index contributed by atoms with van der Waals surface area (Å²) in [6.45, 7) is 3.07. The lowest BCUT2D eigenvalue weighted by molar-refractivity contribution is -0.133. The maximum atomic E-state index is 13.1. The first-order valence-electron chi connectivity index (χ1n) is 9.72. The monoisotopic (exact) mass is 368 g/mol. The summed E-state index contributed by atoms with van der Waals surface area (Å²) in [5, 5.41) is 0. The highest BCUT2D eigenvalue weighted by Crippen LogP contribution is 2.26. The van der Waals surface area contributed by atoms with Crippen LogP contribution < -0.4 is 9.64 Å². The molecule has 5 heteroatoms. The van der Waals surface area contributed by atoms with Crippen molar-refractivity contribution in [2.24, 2.45) is 0 Å². The Morgan fingerprint density at radius 2 is 1.74 bits per heavy atom. The Hall–Kier alpha value is -2.56. The Morgan fingerprint density at radius 3 is 2.59 bits per heavy atom. The average molecular weight is 368 g/mol. The smallest absolute Gasteiger partial charge is 0.260 e. The van der Waals surface area contributed by atoms with E-state index in [1.807, 2.05) is 11.0 Å². The van der Waals surface area contributed by atoms with Crippen LogP contribution in [0.1, 0.15) is 24.0 Å². The number of nitrogens with zero attached hydrogens (tertiary/aromatic N) is 2. The first-order valence-corrected chi connectivity index (χ1v) is 9.72. The molecular weight excluding hydrogens is 343 g/mol. The van der Waals surface area contributed by atoms with Gasteiger partial charge in [-0.3, -0.25) is 4.79 Å². The van der Waals surface area contributed by atoms with Gasteiger partial charge in [-0.25, -0.2) is 4.39 Å². The van der Waals surface area contributed by atoms with Gasteiger partial charge >= 0.3 is 0 Å². The molecule has 0 saturated carbocycles. The second-order valence-corrected chi connectivity index (χ2v) is 7.27. The molecule has 2 aliphatic rings. The molecule has 4 nitrogen and oxygen atoms in total. The van der Waals surface area contributed by atoms with Crippen molar-refractivity contribution in [3.05, 3.63) is 59.4 Å². The fraction of sp³-hybridized carbons (Fsp3) is 0.409. The van der Waals surface area contributed by atoms with Crippen LogP contribution in [0.4, 0.5) is 10.1 Å². The van der Waals surface area contributed by atoms with E-state index in [0.717, 1.165) is 50.3 Å². The Morgan fingerprint density at radius 1 is 0.926 bits per heavy atom. The van der Waals surface area contributed by atoms with Gasteiger partial charge in [0, 0.05) is 31.9 Å². The van der Waals surface area contributed by atoms with Gasteiger partial charge in [0.2, 0.25) is 0 Å². The van der Waals surface area contributed by atoms with Crippen LogP contribution in [-0.2, 0) is 17.6 Å². The van der Waals surface area contributed by atoms with E-state index in [2.05, 4.69) is 17.0 Å². The maximum Gasteiger partial charge on any atom is 0.260 e. The number of halogens is 1. The number of benzene rings is 2. The zero-order valence-corrected chi connectivity index (χ0v) is 15.5. The van der Waals surface area contributed by atoms with Crippen LogP contribution in [0.2, 0.25) is 0 Å². The molecule has 0 N–H and O–H groups in total. The summed E-state index contributed by atoms with van der Waals surface area (Å²) in [7, 11) is 0. The molecule has 1 amide bonds. The molecule has 0 atom stereocenters. The molecule has 2 aromatic rings. The highest BCUT2D eigenvalue weighted by atomic mass is 19.1. The number of hydrogen-bond acceptors (Lipinski definition) is 3. The number of ether oxygens (including phenoxy) is 1. The summed E-state index contributed by atoms with van der Waals surface area (Å²) in [4.78, 5) is 16.7. The molecule has 1 aliphatic heterocycles. The summed E-state index contributed by atoms with van der Waals surface area (Å²) >= 11 is 0. The number of fused-ring (bicyclic) bond motifs is 1. The Bertz CT molecular complexity index is 806. The van der Waals surface area contributed by atoms with Crippen molar-refractivity contribution in [1.29, 1.82) is 0 Å². The predicted molar refractivity (Wildman–Crippen MR) is 104 cm³/mol. The number of rotatable bonds is 4. The van der Waals surface area contributed by atoms with Crippen molar-refractivity contribution in [3.63, 3.8) is 0 Å². The minimum absolute atomic E-state index is 0.0245. The molecule has 142 valence electrons. The third-order valence-corrected chi connectivity index (χ3v) is 5.47. The molecule has 27 heavy (non-hydrogen) atoms. The predicted octanol–water partition coefficient (Wildman–Crippen LogP) is 3.43. The molecule has 0 unspecified atom stereocenters. The van der Waals surface area contributed by atoms with Crippen molar-refractivity contribution >= 4 is 11.6 Å². The van der Waals surface area contributed by atoms with E-state index >= 15 is 0 Å². The quantitative estimate of drug-likeness (QED) is 0.829. The van der Waals surface area contributed by atoms with E-state index in [1.165, 1.54) is 29.7 Å². The molecular formula is C22H25FN2O2. The molecule has 0 radical (unpaired) electrons. The number of aryl methyl sites for hydroxylation is 2. The van der Waals surface area contributed by atoms with Gasteiger partial charge in [-0.1, -0.05) is 6.07 Å². The van der Waals surface area contributed by atoms with Gasteiger partial charge in [-0.2, -0.15) is 0 Å². The number of hydrogen-bond donors (Lipinski definition) is 0. The zero-order chi connectivity index (χ0) is 18.6. The number of amides is 1. The number of anilines is 1. The van der Waals surface area contributed by atoms with Gasteiger partial charge in [0.1, 0.15) is 11.6 Å². The third-order valence-electron chi connectivity index (χ3n) is 5.47. The van der Waals surface area contributed by atoms with E-state index in [-0.39, 0.29) is 18.3 Å². The lowest BCUT2D eigenvalue weighted by Crippen LogP contribution is -2.38. The van der Waals surface area contributed by atoms with Crippen molar-refractivity contribution in [1.82, 2.24) is 4.90 Å². The highest BCUT2D eigenvalue weighted by Gasteiger charge is 2.20. The number of carbonyl (C=O) groups excluding carboxylic acids is 1. The third kappa shape index (κ3) is 4.24. The Kier molecular flexibility index (Phi) is 5.28. The second kappa shape index (κ2) is 7.99. The van der Waals surface area contributed by atoms with Gasteiger partial charge in [0.25, 0.3) is 5.91 Å². The van der Waals surface area contributed by atoms with Crippen LogP contribution >= 0.6 is 0 Å². The van der Waals surface area contributed by atoms with Crippen molar-refractivity contribution in [2.45, 2.75) is 25.7 Å². The summed E-state index contributed by atoms with van der Waals surface area (Å²) in [5.41, 5.74) is 3.76. The molecule has 4 rings (SSSR count). The van der Waals surface area contributed by atoms with Crippen molar-refractivity contribution < 1.29 is 13.9 Å². The summed E-state index contributed by atoms with van der Waals surface area (Å²) < 4.78 is 18.9. The molecule has 0 aromatic heterocycles. The minimum atomic E-state index is -0.228. The first-order chi connectivity index (χ1) is 13.2.